The Hall–Kier alpha value is -0.0800. The van der Waals surface area contributed by atoms with Crippen molar-refractivity contribution in [1.82, 2.24) is 10.2 Å². The summed E-state index contributed by atoms with van der Waals surface area (Å²) >= 11 is 0. The van der Waals surface area contributed by atoms with Gasteiger partial charge in [0.05, 0.1) is 0 Å². The van der Waals surface area contributed by atoms with Gasteiger partial charge in [-0.05, 0) is 53.6 Å². The van der Waals surface area contributed by atoms with Crippen LogP contribution >= 0.6 is 0 Å². The average molecular weight is 184 g/mol. The summed E-state index contributed by atoms with van der Waals surface area (Å²) in [5, 5.41) is 3.56. The van der Waals surface area contributed by atoms with Gasteiger partial charge in [-0.15, -0.1) is 0 Å². The Bertz CT molecular complexity index is 143. The zero-order chi connectivity index (χ0) is 9.90. The first-order chi connectivity index (χ1) is 5.99. The Labute approximate surface area is 82.7 Å². The van der Waals surface area contributed by atoms with Crippen molar-refractivity contribution >= 4 is 0 Å². The third-order valence-electron chi connectivity index (χ3n) is 2.69. The number of likely N-dealkylation sites (tertiary alicyclic amines) is 1. The topological polar surface area (TPSA) is 15.3 Å². The molecule has 1 heterocycles. The highest BCUT2D eigenvalue weighted by Gasteiger charge is 2.19. The molecule has 1 N–H and O–H groups in total. The zero-order valence-corrected chi connectivity index (χ0v) is 9.56. The molecule has 0 radical (unpaired) electrons. The first-order valence-corrected chi connectivity index (χ1v) is 5.48. The number of hydrogen-bond acceptors (Lipinski definition) is 2. The van der Waals surface area contributed by atoms with Crippen molar-refractivity contribution in [1.29, 1.82) is 0 Å². The lowest BCUT2D eigenvalue weighted by molar-refractivity contribution is 0.236. The Morgan fingerprint density at radius 2 is 1.77 bits per heavy atom. The molecular weight excluding hydrogens is 160 g/mol. The van der Waals surface area contributed by atoms with Gasteiger partial charge in [-0.25, -0.2) is 0 Å². The summed E-state index contributed by atoms with van der Waals surface area (Å²) in [6.07, 6.45) is 2.78. The number of hydrogen-bond donors (Lipinski definition) is 1. The van der Waals surface area contributed by atoms with E-state index in [0.29, 0.717) is 6.04 Å². The molecule has 0 aliphatic carbocycles. The lowest BCUT2D eigenvalue weighted by atomic mass is 10.1. The van der Waals surface area contributed by atoms with Crippen LogP contribution in [0, 0.1) is 0 Å². The molecule has 2 nitrogen and oxygen atoms in total. The minimum atomic E-state index is 0.258. The van der Waals surface area contributed by atoms with Gasteiger partial charge in [0.2, 0.25) is 0 Å². The summed E-state index contributed by atoms with van der Waals surface area (Å²) in [6.45, 7) is 12.7. The highest BCUT2D eigenvalue weighted by molar-refractivity contribution is 4.78. The van der Waals surface area contributed by atoms with Crippen molar-refractivity contribution in [2.75, 3.05) is 19.6 Å². The van der Waals surface area contributed by atoms with Crippen molar-refractivity contribution in [3.05, 3.63) is 0 Å². The fourth-order valence-electron chi connectivity index (χ4n) is 1.77. The van der Waals surface area contributed by atoms with Crippen LogP contribution in [0.5, 0.6) is 0 Å². The number of rotatable bonds is 3. The molecule has 0 aromatic carbocycles. The predicted octanol–water partition coefficient (Wildman–Crippen LogP) is 1.86. The fourth-order valence-corrected chi connectivity index (χ4v) is 1.77. The SMILES string of the molecule is CC(CNC(C)(C)C)N1CCCC1. The maximum absolute atomic E-state index is 3.56. The highest BCUT2D eigenvalue weighted by atomic mass is 15.2. The van der Waals surface area contributed by atoms with Crippen molar-refractivity contribution in [2.45, 2.75) is 52.1 Å². The van der Waals surface area contributed by atoms with Gasteiger partial charge in [-0.3, -0.25) is 4.90 Å². The summed E-state index contributed by atoms with van der Waals surface area (Å²) in [5.41, 5.74) is 0.258. The Morgan fingerprint density at radius 1 is 1.23 bits per heavy atom. The van der Waals surface area contributed by atoms with Crippen LogP contribution in [-0.2, 0) is 0 Å². The molecule has 1 fully saturated rings. The Morgan fingerprint density at radius 3 is 2.23 bits per heavy atom. The molecule has 0 amide bonds. The second kappa shape index (κ2) is 4.43. The van der Waals surface area contributed by atoms with Gasteiger partial charge in [0, 0.05) is 18.1 Å². The predicted molar refractivity (Wildman–Crippen MR) is 58.0 cm³/mol. The Balaban J connectivity index is 2.20. The van der Waals surface area contributed by atoms with E-state index in [1.165, 1.54) is 25.9 Å². The molecule has 1 aliphatic heterocycles. The first-order valence-electron chi connectivity index (χ1n) is 5.48. The molecule has 1 rings (SSSR count). The van der Waals surface area contributed by atoms with Gasteiger partial charge in [0.1, 0.15) is 0 Å². The first kappa shape index (κ1) is 11.0. The van der Waals surface area contributed by atoms with E-state index >= 15 is 0 Å². The molecule has 1 aliphatic rings. The summed E-state index contributed by atoms with van der Waals surface area (Å²) < 4.78 is 0. The van der Waals surface area contributed by atoms with Gasteiger partial charge in [-0.1, -0.05) is 0 Å². The second-order valence-corrected chi connectivity index (χ2v) is 5.22. The third kappa shape index (κ3) is 4.10. The molecule has 13 heavy (non-hydrogen) atoms. The molecule has 0 aromatic heterocycles. The molecule has 1 atom stereocenters. The fraction of sp³-hybridized carbons (Fsp3) is 1.00. The molecule has 0 saturated carbocycles. The van der Waals surface area contributed by atoms with Gasteiger partial charge in [0.25, 0.3) is 0 Å². The highest BCUT2D eigenvalue weighted by Crippen LogP contribution is 2.11. The molecule has 1 unspecified atom stereocenters. The lowest BCUT2D eigenvalue weighted by Gasteiger charge is -2.28. The number of nitrogens with zero attached hydrogens (tertiary/aromatic N) is 1. The van der Waals surface area contributed by atoms with E-state index < -0.39 is 0 Å². The number of nitrogens with one attached hydrogen (secondary N) is 1. The summed E-state index contributed by atoms with van der Waals surface area (Å²) in [5.74, 6) is 0. The van der Waals surface area contributed by atoms with E-state index in [2.05, 4.69) is 37.9 Å². The van der Waals surface area contributed by atoms with Crippen LogP contribution in [0.3, 0.4) is 0 Å². The summed E-state index contributed by atoms with van der Waals surface area (Å²) in [4.78, 5) is 2.58. The van der Waals surface area contributed by atoms with E-state index in [-0.39, 0.29) is 5.54 Å². The van der Waals surface area contributed by atoms with Crippen LogP contribution in [0.25, 0.3) is 0 Å². The van der Waals surface area contributed by atoms with Crippen molar-refractivity contribution in [2.24, 2.45) is 0 Å². The van der Waals surface area contributed by atoms with Gasteiger partial charge < -0.3 is 5.32 Å². The quantitative estimate of drug-likeness (QED) is 0.720. The van der Waals surface area contributed by atoms with Crippen LogP contribution in [0.15, 0.2) is 0 Å². The molecular formula is C11H24N2. The van der Waals surface area contributed by atoms with E-state index in [0.717, 1.165) is 6.54 Å². The monoisotopic (exact) mass is 184 g/mol. The van der Waals surface area contributed by atoms with Gasteiger partial charge in [0.15, 0.2) is 0 Å². The third-order valence-corrected chi connectivity index (χ3v) is 2.69. The molecule has 0 spiro atoms. The van der Waals surface area contributed by atoms with E-state index in [1.54, 1.807) is 0 Å². The molecule has 78 valence electrons. The van der Waals surface area contributed by atoms with Crippen molar-refractivity contribution < 1.29 is 0 Å². The van der Waals surface area contributed by atoms with Crippen molar-refractivity contribution in [3.63, 3.8) is 0 Å². The maximum atomic E-state index is 3.56. The smallest absolute Gasteiger partial charge is 0.0192 e. The van der Waals surface area contributed by atoms with Gasteiger partial charge in [-0.2, -0.15) is 0 Å². The van der Waals surface area contributed by atoms with Crippen LogP contribution in [0.4, 0.5) is 0 Å². The van der Waals surface area contributed by atoms with E-state index in [4.69, 9.17) is 0 Å². The minimum absolute atomic E-state index is 0.258. The van der Waals surface area contributed by atoms with Crippen LogP contribution in [-0.4, -0.2) is 36.1 Å². The Kier molecular flexibility index (Phi) is 3.74. The minimum Gasteiger partial charge on any atom is -0.311 e. The molecule has 2 heteroatoms. The second-order valence-electron chi connectivity index (χ2n) is 5.22. The average Bonchev–Trinajstić information content (AvgIpc) is 2.50. The van der Waals surface area contributed by atoms with Crippen molar-refractivity contribution in [3.8, 4) is 0 Å². The van der Waals surface area contributed by atoms with Crippen LogP contribution in [0.1, 0.15) is 40.5 Å². The zero-order valence-electron chi connectivity index (χ0n) is 9.56. The summed E-state index contributed by atoms with van der Waals surface area (Å²) in [7, 11) is 0. The van der Waals surface area contributed by atoms with Gasteiger partial charge >= 0.3 is 0 Å². The molecule has 1 saturated heterocycles. The van der Waals surface area contributed by atoms with E-state index in [1.807, 2.05) is 0 Å². The van der Waals surface area contributed by atoms with Crippen LogP contribution < -0.4 is 5.32 Å². The standard InChI is InChI=1S/C11H24N2/c1-10(9-12-11(2,3)4)13-7-5-6-8-13/h10,12H,5-9H2,1-4H3. The maximum Gasteiger partial charge on any atom is 0.0192 e. The summed E-state index contributed by atoms with van der Waals surface area (Å²) in [6, 6.07) is 0.696. The molecule has 0 aromatic rings. The normalized spacial score (nSPS) is 22.2. The molecule has 0 bridgehead atoms. The van der Waals surface area contributed by atoms with E-state index in [9.17, 15) is 0 Å². The van der Waals surface area contributed by atoms with Crippen LogP contribution in [0.2, 0.25) is 0 Å². The largest absolute Gasteiger partial charge is 0.311 e. The lowest BCUT2D eigenvalue weighted by Crippen LogP contribution is -2.45.